The zero-order valence-electron chi connectivity index (χ0n) is 27.7. The van der Waals surface area contributed by atoms with Crippen molar-refractivity contribution in [1.82, 2.24) is 10.0 Å². The van der Waals surface area contributed by atoms with Gasteiger partial charge in [0.15, 0.2) is 0 Å². The molecular formula is C36H48ClN3O6S. The second kappa shape index (κ2) is 15.9. The summed E-state index contributed by atoms with van der Waals surface area (Å²) in [6, 6.07) is 11.1. The number of ether oxygens (including phenoxy) is 2. The van der Waals surface area contributed by atoms with Gasteiger partial charge in [-0.3, -0.25) is 9.59 Å². The van der Waals surface area contributed by atoms with Gasteiger partial charge in [-0.1, -0.05) is 36.7 Å². The topological polar surface area (TPSA) is 114 Å². The second-order valence-electron chi connectivity index (χ2n) is 13.3. The van der Waals surface area contributed by atoms with Gasteiger partial charge in [0.2, 0.25) is 15.9 Å². The van der Waals surface area contributed by atoms with Crippen molar-refractivity contribution in [2.45, 2.75) is 96.1 Å². The van der Waals surface area contributed by atoms with Crippen LogP contribution in [0, 0.1) is 11.8 Å². The number of halogens is 1. The monoisotopic (exact) mass is 685 g/mol. The number of carbonyl (C=O) groups excluding carboxylic acids is 2. The van der Waals surface area contributed by atoms with Gasteiger partial charge in [-0.25, -0.2) is 13.1 Å². The molecular weight excluding hydrogens is 638 g/mol. The summed E-state index contributed by atoms with van der Waals surface area (Å²) in [6.07, 6.45) is 9.66. The van der Waals surface area contributed by atoms with Crippen molar-refractivity contribution in [3.8, 4) is 5.75 Å². The number of rotatable bonds is 5. The zero-order valence-corrected chi connectivity index (χ0v) is 29.2. The molecule has 11 heteroatoms. The van der Waals surface area contributed by atoms with E-state index in [1.54, 1.807) is 18.2 Å². The Kier molecular flexibility index (Phi) is 11.9. The number of hydrogen-bond donors (Lipinski definition) is 2. The van der Waals surface area contributed by atoms with Crippen molar-refractivity contribution in [2.24, 2.45) is 11.8 Å². The van der Waals surface area contributed by atoms with Crippen LogP contribution in [0.2, 0.25) is 5.02 Å². The summed E-state index contributed by atoms with van der Waals surface area (Å²) in [5.74, 6) is 0.321. The van der Waals surface area contributed by atoms with E-state index in [2.05, 4.69) is 14.9 Å². The first-order valence-corrected chi connectivity index (χ1v) is 18.9. The molecule has 2 bridgehead atoms. The zero-order chi connectivity index (χ0) is 33.6. The van der Waals surface area contributed by atoms with E-state index in [-0.39, 0.29) is 36.1 Å². The van der Waals surface area contributed by atoms with E-state index >= 15 is 0 Å². The molecule has 9 nitrogen and oxygen atoms in total. The minimum absolute atomic E-state index is 0.0186. The number of amides is 2. The molecule has 1 fully saturated rings. The van der Waals surface area contributed by atoms with Crippen molar-refractivity contribution in [1.29, 1.82) is 0 Å². The smallest absolute Gasteiger partial charge is 0.264 e. The number of fused-ring (bicyclic) bond motifs is 3. The van der Waals surface area contributed by atoms with Crippen LogP contribution in [0.1, 0.15) is 87.2 Å². The first kappa shape index (κ1) is 35.2. The van der Waals surface area contributed by atoms with Gasteiger partial charge < -0.3 is 19.7 Å². The fourth-order valence-corrected chi connectivity index (χ4v) is 8.46. The van der Waals surface area contributed by atoms with Crippen molar-refractivity contribution in [3.05, 3.63) is 70.3 Å². The molecule has 2 heterocycles. The molecule has 3 aliphatic rings. The lowest BCUT2D eigenvalue weighted by Gasteiger charge is -2.44. The fraction of sp³-hybridized carbons (Fsp3) is 0.556. The molecule has 2 amide bonds. The van der Waals surface area contributed by atoms with Crippen LogP contribution < -0.4 is 19.7 Å². The molecule has 4 atom stereocenters. The van der Waals surface area contributed by atoms with Crippen molar-refractivity contribution < 1.29 is 27.5 Å². The van der Waals surface area contributed by atoms with Crippen LogP contribution in [0.25, 0.3) is 0 Å². The predicted molar refractivity (Wildman–Crippen MR) is 185 cm³/mol. The minimum atomic E-state index is -3.93. The van der Waals surface area contributed by atoms with E-state index in [1.807, 2.05) is 51.1 Å². The molecule has 2 N–H and O–H groups in total. The molecule has 0 unspecified atom stereocenters. The van der Waals surface area contributed by atoms with E-state index in [4.69, 9.17) is 21.1 Å². The molecule has 1 saturated carbocycles. The van der Waals surface area contributed by atoms with Gasteiger partial charge in [0.25, 0.3) is 5.91 Å². The van der Waals surface area contributed by atoms with Gasteiger partial charge in [-0.2, -0.15) is 0 Å². The van der Waals surface area contributed by atoms with Gasteiger partial charge in [0, 0.05) is 29.7 Å². The quantitative estimate of drug-likeness (QED) is 0.361. The summed E-state index contributed by atoms with van der Waals surface area (Å²) < 4.78 is 41.8. The molecule has 2 aliphatic heterocycles. The Bertz CT molecular complexity index is 1560. The fourth-order valence-electron chi connectivity index (χ4n) is 6.84. The lowest BCUT2D eigenvalue weighted by molar-refractivity contribution is -0.129. The summed E-state index contributed by atoms with van der Waals surface area (Å²) in [5, 5.41) is 2.87. The molecule has 0 spiro atoms. The highest BCUT2D eigenvalue weighted by Gasteiger charge is 2.38. The van der Waals surface area contributed by atoms with Crippen LogP contribution in [0.5, 0.6) is 5.75 Å². The van der Waals surface area contributed by atoms with E-state index in [9.17, 15) is 18.0 Å². The maximum Gasteiger partial charge on any atom is 0.264 e. The van der Waals surface area contributed by atoms with Gasteiger partial charge >= 0.3 is 0 Å². The first-order valence-electron chi connectivity index (χ1n) is 17.0. The number of hydrogen-bond acceptors (Lipinski definition) is 7. The van der Waals surface area contributed by atoms with Gasteiger partial charge in [-0.15, -0.1) is 0 Å². The molecule has 256 valence electrons. The molecule has 0 aromatic heterocycles. The SMILES string of the molecule is CC[C@@H]1CC/C=C/[C@H](OCC(=O)NC(C)C)[C@@H]2CC[C@H]2CN2CCCCc3cc(Cl)ccc3COc3ccc(cc32)C(=O)NS1(=O)=O. The van der Waals surface area contributed by atoms with Crippen LogP contribution in [-0.4, -0.2) is 57.3 Å². The molecule has 0 radical (unpaired) electrons. The molecule has 5 rings (SSSR count). The highest BCUT2D eigenvalue weighted by Crippen LogP contribution is 2.42. The number of nitrogens with zero attached hydrogens (tertiary/aromatic N) is 1. The third kappa shape index (κ3) is 9.09. The lowest BCUT2D eigenvalue weighted by Crippen LogP contribution is -2.45. The van der Waals surface area contributed by atoms with Crippen molar-refractivity contribution in [3.63, 3.8) is 0 Å². The van der Waals surface area contributed by atoms with Crippen molar-refractivity contribution in [2.75, 3.05) is 24.6 Å². The Balaban J connectivity index is 1.50. The Labute approximate surface area is 284 Å². The number of benzene rings is 2. The van der Waals surface area contributed by atoms with E-state index in [1.165, 1.54) is 0 Å². The van der Waals surface area contributed by atoms with E-state index < -0.39 is 21.2 Å². The summed E-state index contributed by atoms with van der Waals surface area (Å²) in [7, 11) is -3.93. The summed E-state index contributed by atoms with van der Waals surface area (Å²) in [6.45, 7) is 7.41. The van der Waals surface area contributed by atoms with E-state index in [0.717, 1.165) is 55.5 Å². The Morgan fingerprint density at radius 3 is 2.70 bits per heavy atom. The van der Waals surface area contributed by atoms with Crippen LogP contribution in [0.4, 0.5) is 5.69 Å². The summed E-state index contributed by atoms with van der Waals surface area (Å²) in [4.78, 5) is 28.2. The predicted octanol–water partition coefficient (Wildman–Crippen LogP) is 6.19. The maximum atomic E-state index is 13.4. The molecule has 1 aliphatic carbocycles. The second-order valence-corrected chi connectivity index (χ2v) is 15.7. The number of anilines is 1. The molecule has 47 heavy (non-hydrogen) atoms. The minimum Gasteiger partial charge on any atom is -0.487 e. The number of aryl methyl sites for hydroxylation is 1. The Morgan fingerprint density at radius 2 is 1.96 bits per heavy atom. The average molecular weight is 686 g/mol. The summed E-state index contributed by atoms with van der Waals surface area (Å²) in [5.41, 5.74) is 3.26. The van der Waals surface area contributed by atoms with E-state index in [0.29, 0.717) is 49.1 Å². The lowest BCUT2D eigenvalue weighted by atomic mass is 9.70. The number of carbonyl (C=O) groups is 2. The molecule has 2 aromatic carbocycles. The third-order valence-electron chi connectivity index (χ3n) is 9.56. The Morgan fingerprint density at radius 1 is 1.13 bits per heavy atom. The average Bonchev–Trinajstić information content (AvgIpc) is 3.03. The third-order valence-corrected chi connectivity index (χ3v) is 11.7. The maximum absolute atomic E-state index is 13.4. The van der Waals surface area contributed by atoms with Crippen LogP contribution in [0.15, 0.2) is 48.6 Å². The van der Waals surface area contributed by atoms with Crippen LogP contribution in [0.3, 0.4) is 0 Å². The number of allylic oxidation sites excluding steroid dienone is 1. The standard InChI is InChI=1S/C36H48ClN3O6S/c1-4-30-10-5-6-11-33(46-23-35(41)38-24(2)3)31-16-13-27(31)21-40-18-8-7-9-25-19-29(37)15-12-28(25)22-45-34-17-14-26(20-32(34)40)36(42)39-47(30,43)44/h6,11-12,14-15,17,19-20,24,27,30-31,33H,4-5,7-10,13,16,18,21-23H2,1-3H3,(H,38,41)(H,39,42)/b11-6+/t27-,30+,31+,33-/m0/s1. The van der Waals surface area contributed by atoms with Gasteiger partial charge in [-0.05, 0) is 119 Å². The highest BCUT2D eigenvalue weighted by molar-refractivity contribution is 7.90. The normalized spacial score (nSPS) is 25.6. The highest BCUT2D eigenvalue weighted by atomic mass is 35.5. The molecule has 0 saturated heterocycles. The summed E-state index contributed by atoms with van der Waals surface area (Å²) >= 11 is 6.34. The van der Waals surface area contributed by atoms with Gasteiger partial charge in [0.1, 0.15) is 19.0 Å². The Hall–Kier alpha value is -3.08. The van der Waals surface area contributed by atoms with Crippen molar-refractivity contribution >= 4 is 39.1 Å². The number of nitrogens with one attached hydrogen (secondary N) is 2. The first-order chi connectivity index (χ1) is 22.5. The number of sulfonamides is 1. The van der Waals surface area contributed by atoms with Gasteiger partial charge in [0.05, 0.1) is 17.0 Å². The van der Waals surface area contributed by atoms with Crippen LogP contribution in [-0.2, 0) is 32.6 Å². The van der Waals surface area contributed by atoms with Crippen LogP contribution >= 0.6 is 11.6 Å². The molecule has 2 aromatic rings. The largest absolute Gasteiger partial charge is 0.487 e.